The Morgan fingerprint density at radius 3 is 2.82 bits per heavy atom. The number of nitrogens with one attached hydrogen (secondary N) is 2. The van der Waals surface area contributed by atoms with Gasteiger partial charge in [-0.1, -0.05) is 24.3 Å². The number of amides is 2. The Kier molecular flexibility index (Phi) is 5.57. The first-order valence-electron chi connectivity index (χ1n) is 9.04. The second kappa shape index (κ2) is 8.43. The maximum atomic E-state index is 13.6. The van der Waals surface area contributed by atoms with Crippen molar-refractivity contribution in [3.8, 4) is 0 Å². The number of thioether (sulfide) groups is 1. The van der Waals surface area contributed by atoms with Gasteiger partial charge in [-0.15, -0.1) is 11.8 Å². The zero-order chi connectivity index (χ0) is 19.3. The Morgan fingerprint density at radius 2 is 2.04 bits per heavy atom. The Hall–Kier alpha value is -2.87. The summed E-state index contributed by atoms with van der Waals surface area (Å²) in [7, 11) is 0. The molecular weight excluding hydrogens is 377 g/mol. The van der Waals surface area contributed by atoms with Crippen molar-refractivity contribution in [1.82, 2.24) is 25.4 Å². The van der Waals surface area contributed by atoms with Gasteiger partial charge in [0.25, 0.3) is 0 Å². The third-order valence-electron chi connectivity index (χ3n) is 4.60. The van der Waals surface area contributed by atoms with Crippen LogP contribution in [0.1, 0.15) is 29.2 Å². The number of benzene rings is 2. The van der Waals surface area contributed by atoms with E-state index in [1.165, 1.54) is 18.5 Å². The van der Waals surface area contributed by atoms with Gasteiger partial charge in [0.15, 0.2) is 0 Å². The standard InChI is InChI=1S/C20H20FN5OS/c21-16-5-6-19-17(9-16)18(7-8-28-19)25-20(27)23-10-14-1-3-15(4-2-14)11-26-13-22-12-24-26/h1-6,9,12-13,18H,7-8,10-11H2,(H2,23,25,27)/t18-/m1/s1. The molecule has 2 heterocycles. The molecule has 0 spiro atoms. The van der Waals surface area contributed by atoms with E-state index in [1.54, 1.807) is 28.8 Å². The molecule has 0 radical (unpaired) electrons. The predicted octanol–water partition coefficient (Wildman–Crippen LogP) is 3.50. The summed E-state index contributed by atoms with van der Waals surface area (Å²) in [5.74, 6) is 0.621. The van der Waals surface area contributed by atoms with E-state index in [1.807, 2.05) is 24.3 Å². The second-order valence-electron chi connectivity index (χ2n) is 6.61. The lowest BCUT2D eigenvalue weighted by Crippen LogP contribution is -2.38. The van der Waals surface area contributed by atoms with Crippen LogP contribution < -0.4 is 10.6 Å². The Labute approximate surface area is 166 Å². The molecule has 0 fully saturated rings. The summed E-state index contributed by atoms with van der Waals surface area (Å²) >= 11 is 1.69. The average Bonchev–Trinajstić information content (AvgIpc) is 3.21. The molecule has 2 N–H and O–H groups in total. The summed E-state index contributed by atoms with van der Waals surface area (Å²) in [6.45, 7) is 1.08. The minimum Gasteiger partial charge on any atom is -0.334 e. The number of urea groups is 1. The molecule has 4 rings (SSSR count). The van der Waals surface area contributed by atoms with Crippen molar-refractivity contribution in [2.45, 2.75) is 30.4 Å². The molecule has 0 unspecified atom stereocenters. The van der Waals surface area contributed by atoms with Crippen LogP contribution in [0.5, 0.6) is 0 Å². The highest BCUT2D eigenvalue weighted by Crippen LogP contribution is 2.36. The summed E-state index contributed by atoms with van der Waals surface area (Å²) in [5, 5.41) is 9.93. The summed E-state index contributed by atoms with van der Waals surface area (Å²) in [5.41, 5.74) is 2.96. The van der Waals surface area contributed by atoms with Gasteiger partial charge in [-0.25, -0.2) is 18.9 Å². The molecule has 1 aromatic heterocycles. The van der Waals surface area contributed by atoms with Crippen LogP contribution in [0.2, 0.25) is 0 Å². The van der Waals surface area contributed by atoms with Gasteiger partial charge in [0.1, 0.15) is 18.5 Å². The Balaban J connectivity index is 1.31. The van der Waals surface area contributed by atoms with Gasteiger partial charge in [0.05, 0.1) is 12.6 Å². The maximum Gasteiger partial charge on any atom is 0.315 e. The topological polar surface area (TPSA) is 71.8 Å². The van der Waals surface area contributed by atoms with Crippen LogP contribution in [0.4, 0.5) is 9.18 Å². The number of aromatic nitrogens is 3. The number of rotatable bonds is 5. The molecule has 2 amide bonds. The van der Waals surface area contributed by atoms with Crippen LogP contribution >= 0.6 is 11.8 Å². The number of fused-ring (bicyclic) bond motifs is 1. The molecule has 0 saturated heterocycles. The van der Waals surface area contributed by atoms with Crippen LogP contribution in [0.25, 0.3) is 0 Å². The second-order valence-corrected chi connectivity index (χ2v) is 7.75. The highest BCUT2D eigenvalue weighted by atomic mass is 32.2. The van der Waals surface area contributed by atoms with Crippen molar-refractivity contribution < 1.29 is 9.18 Å². The molecule has 1 atom stereocenters. The number of nitrogens with zero attached hydrogens (tertiary/aromatic N) is 3. The molecule has 1 aliphatic rings. The van der Waals surface area contributed by atoms with Gasteiger partial charge >= 0.3 is 6.03 Å². The predicted molar refractivity (Wildman–Crippen MR) is 105 cm³/mol. The molecule has 0 saturated carbocycles. The fraction of sp³-hybridized carbons (Fsp3) is 0.250. The van der Waals surface area contributed by atoms with Crippen LogP contribution in [0.15, 0.2) is 60.0 Å². The fourth-order valence-corrected chi connectivity index (χ4v) is 4.28. The van der Waals surface area contributed by atoms with Crippen molar-refractivity contribution in [2.24, 2.45) is 0 Å². The van der Waals surface area contributed by atoms with Gasteiger partial charge in [0, 0.05) is 17.2 Å². The molecule has 28 heavy (non-hydrogen) atoms. The normalized spacial score (nSPS) is 15.7. The number of halogens is 1. The van der Waals surface area contributed by atoms with E-state index in [2.05, 4.69) is 20.7 Å². The van der Waals surface area contributed by atoms with Crippen molar-refractivity contribution in [3.63, 3.8) is 0 Å². The summed E-state index contributed by atoms with van der Waals surface area (Å²) in [4.78, 5) is 17.3. The van der Waals surface area contributed by atoms with Crippen molar-refractivity contribution in [2.75, 3.05) is 5.75 Å². The fourth-order valence-electron chi connectivity index (χ4n) is 3.17. The zero-order valence-electron chi connectivity index (χ0n) is 15.1. The average molecular weight is 397 g/mol. The van der Waals surface area contributed by atoms with E-state index < -0.39 is 0 Å². The van der Waals surface area contributed by atoms with Gasteiger partial charge in [-0.2, -0.15) is 5.10 Å². The van der Waals surface area contributed by atoms with E-state index in [4.69, 9.17) is 0 Å². The van der Waals surface area contributed by atoms with E-state index in [0.29, 0.717) is 13.1 Å². The number of carbonyl (C=O) groups excluding carboxylic acids is 1. The Morgan fingerprint density at radius 1 is 1.21 bits per heavy atom. The molecule has 0 bridgehead atoms. The lowest BCUT2D eigenvalue weighted by molar-refractivity contribution is 0.236. The van der Waals surface area contributed by atoms with Gasteiger partial charge in [0.2, 0.25) is 0 Å². The van der Waals surface area contributed by atoms with Crippen molar-refractivity contribution in [1.29, 1.82) is 0 Å². The van der Waals surface area contributed by atoms with Crippen LogP contribution in [-0.2, 0) is 13.1 Å². The van der Waals surface area contributed by atoms with Crippen molar-refractivity contribution in [3.05, 3.63) is 77.6 Å². The SMILES string of the molecule is O=C(NCc1ccc(Cn2cncn2)cc1)N[C@@H]1CCSc2ccc(F)cc21. The van der Waals surface area contributed by atoms with E-state index >= 15 is 0 Å². The highest BCUT2D eigenvalue weighted by Gasteiger charge is 2.22. The van der Waals surface area contributed by atoms with E-state index in [-0.39, 0.29) is 17.9 Å². The molecule has 0 aliphatic carbocycles. The minimum atomic E-state index is -0.278. The highest BCUT2D eigenvalue weighted by molar-refractivity contribution is 7.99. The summed E-state index contributed by atoms with van der Waals surface area (Å²) in [6, 6.07) is 12.3. The maximum absolute atomic E-state index is 13.6. The molecule has 8 heteroatoms. The third kappa shape index (κ3) is 4.51. The van der Waals surface area contributed by atoms with Crippen LogP contribution in [0, 0.1) is 5.82 Å². The summed E-state index contributed by atoms with van der Waals surface area (Å²) < 4.78 is 15.3. The molecule has 3 aromatic rings. The van der Waals surface area contributed by atoms with Gasteiger partial charge in [-0.05, 0) is 41.3 Å². The minimum absolute atomic E-state index is 0.169. The molecule has 144 valence electrons. The molecule has 6 nitrogen and oxygen atoms in total. The molecular formula is C20H20FN5OS. The van der Waals surface area contributed by atoms with Crippen molar-refractivity contribution >= 4 is 17.8 Å². The van der Waals surface area contributed by atoms with Gasteiger partial charge < -0.3 is 10.6 Å². The molecule has 2 aromatic carbocycles. The lowest BCUT2D eigenvalue weighted by atomic mass is 10.0. The van der Waals surface area contributed by atoms with E-state index in [9.17, 15) is 9.18 Å². The van der Waals surface area contributed by atoms with Gasteiger partial charge in [-0.3, -0.25) is 0 Å². The van der Waals surface area contributed by atoms with E-state index in [0.717, 1.165) is 33.8 Å². The van der Waals surface area contributed by atoms with Crippen LogP contribution in [-0.4, -0.2) is 26.5 Å². The first kappa shape index (κ1) is 18.5. The molecule has 1 aliphatic heterocycles. The Bertz CT molecular complexity index is 946. The van der Waals surface area contributed by atoms with Crippen LogP contribution in [0.3, 0.4) is 0 Å². The first-order chi connectivity index (χ1) is 13.7. The smallest absolute Gasteiger partial charge is 0.315 e. The largest absolute Gasteiger partial charge is 0.334 e. The third-order valence-corrected chi connectivity index (χ3v) is 5.73. The number of hydrogen-bond acceptors (Lipinski definition) is 4. The lowest BCUT2D eigenvalue weighted by Gasteiger charge is -2.26. The number of hydrogen-bond donors (Lipinski definition) is 2. The quantitative estimate of drug-likeness (QED) is 0.691. The first-order valence-corrected chi connectivity index (χ1v) is 10.0. The monoisotopic (exact) mass is 397 g/mol. The zero-order valence-corrected chi connectivity index (χ0v) is 16.0. The number of carbonyl (C=O) groups is 1. The summed E-state index contributed by atoms with van der Waals surface area (Å²) in [6.07, 6.45) is 3.97.